The Morgan fingerprint density at radius 3 is 2.30 bits per heavy atom. The summed E-state index contributed by atoms with van der Waals surface area (Å²) in [5, 5.41) is 3.76. The third-order valence-electron chi connectivity index (χ3n) is 4.75. The summed E-state index contributed by atoms with van der Waals surface area (Å²) in [7, 11) is 0. The fourth-order valence-electron chi connectivity index (χ4n) is 3.84. The number of anilines is 1. The number of piperazine rings is 1. The molecule has 0 amide bonds. The van der Waals surface area contributed by atoms with Crippen LogP contribution in [0.15, 0.2) is 24.3 Å². The van der Waals surface area contributed by atoms with Gasteiger partial charge in [-0.3, -0.25) is 0 Å². The number of alkyl halides is 2. The maximum Gasteiger partial charge on any atom is 0.263 e. The van der Waals surface area contributed by atoms with Crippen LogP contribution in [0.1, 0.15) is 51.5 Å². The van der Waals surface area contributed by atoms with Gasteiger partial charge in [-0.1, -0.05) is 25.0 Å². The van der Waals surface area contributed by atoms with Crippen LogP contribution in [0.25, 0.3) is 0 Å². The Morgan fingerprint density at radius 2 is 1.70 bits per heavy atom. The Balaban J connectivity index is 0.00000132. The zero-order valence-corrected chi connectivity index (χ0v) is 15.2. The minimum atomic E-state index is -2.39. The van der Waals surface area contributed by atoms with Gasteiger partial charge in [0.15, 0.2) is 0 Å². The topological polar surface area (TPSA) is 15.3 Å². The van der Waals surface area contributed by atoms with Crippen molar-refractivity contribution >= 4 is 30.5 Å². The molecule has 3 rings (SSSR count). The SMILES string of the molecule is CC1(C)CN(c2ccc(C(F)F)cc2)[C@@H]2CCCC[C@H]2N1.Cl.Cl. The Hall–Kier alpha value is -0.580. The molecule has 1 heterocycles. The standard InChI is InChI=1S/C17H24F2N2.2ClH/c1-17(2)11-21(15-6-4-3-5-14(15)20-17)13-9-7-12(8-10-13)16(18)19;;/h7-10,14-16,20H,3-6,11H2,1-2H3;2*1H/t14-,15-;;/m1../s1. The molecule has 1 aromatic rings. The van der Waals surface area contributed by atoms with Gasteiger partial charge in [-0.05, 0) is 38.8 Å². The fourth-order valence-corrected chi connectivity index (χ4v) is 3.84. The van der Waals surface area contributed by atoms with Crippen LogP contribution in [0.5, 0.6) is 0 Å². The molecule has 1 saturated carbocycles. The molecule has 0 unspecified atom stereocenters. The van der Waals surface area contributed by atoms with Gasteiger partial charge in [0.05, 0.1) is 0 Å². The molecule has 2 fully saturated rings. The number of halogens is 4. The van der Waals surface area contributed by atoms with Crippen molar-refractivity contribution in [3.8, 4) is 0 Å². The van der Waals surface area contributed by atoms with Crippen LogP contribution in [0, 0.1) is 0 Å². The maximum atomic E-state index is 12.7. The van der Waals surface area contributed by atoms with Crippen molar-refractivity contribution in [2.24, 2.45) is 0 Å². The quantitative estimate of drug-likeness (QED) is 0.794. The predicted octanol–water partition coefficient (Wildman–Crippen LogP) is 4.97. The normalized spacial score (nSPS) is 26.0. The molecule has 0 bridgehead atoms. The molecule has 2 atom stereocenters. The van der Waals surface area contributed by atoms with Crippen LogP contribution >= 0.6 is 24.8 Å². The lowest BCUT2D eigenvalue weighted by Crippen LogP contribution is -2.67. The summed E-state index contributed by atoms with van der Waals surface area (Å²) in [6, 6.07) is 7.84. The third-order valence-corrected chi connectivity index (χ3v) is 4.75. The number of fused-ring (bicyclic) bond motifs is 1. The highest BCUT2D eigenvalue weighted by Gasteiger charge is 2.40. The van der Waals surface area contributed by atoms with Crippen LogP contribution < -0.4 is 10.2 Å². The molecular weight excluding hydrogens is 341 g/mol. The lowest BCUT2D eigenvalue weighted by Gasteiger charge is -2.52. The number of nitrogens with zero attached hydrogens (tertiary/aromatic N) is 1. The Morgan fingerprint density at radius 1 is 1.09 bits per heavy atom. The van der Waals surface area contributed by atoms with Gasteiger partial charge in [-0.2, -0.15) is 0 Å². The molecule has 1 saturated heterocycles. The first-order chi connectivity index (χ1) is 9.96. The van der Waals surface area contributed by atoms with E-state index in [1.165, 1.54) is 25.7 Å². The van der Waals surface area contributed by atoms with Crippen LogP contribution in [0.2, 0.25) is 0 Å². The smallest absolute Gasteiger partial charge is 0.263 e. The summed E-state index contributed by atoms with van der Waals surface area (Å²) in [4.78, 5) is 2.43. The van der Waals surface area contributed by atoms with Crippen LogP contribution in [0.4, 0.5) is 14.5 Å². The van der Waals surface area contributed by atoms with Crippen molar-refractivity contribution in [1.82, 2.24) is 5.32 Å². The molecular formula is C17H26Cl2F2N2. The largest absolute Gasteiger partial charge is 0.365 e. The Kier molecular flexibility index (Phi) is 7.12. The zero-order valence-electron chi connectivity index (χ0n) is 13.6. The Bertz CT molecular complexity index is 494. The van der Waals surface area contributed by atoms with Gasteiger partial charge in [0.2, 0.25) is 0 Å². The molecule has 0 radical (unpaired) electrons. The first-order valence-electron chi connectivity index (χ1n) is 7.89. The van der Waals surface area contributed by atoms with Crippen LogP contribution in [-0.4, -0.2) is 24.2 Å². The van der Waals surface area contributed by atoms with E-state index in [-0.39, 0.29) is 35.9 Å². The molecule has 0 aromatic heterocycles. The molecule has 6 heteroatoms. The second-order valence-corrected chi connectivity index (χ2v) is 7.01. The van der Waals surface area contributed by atoms with Crippen molar-refractivity contribution in [1.29, 1.82) is 0 Å². The number of hydrogen-bond acceptors (Lipinski definition) is 2. The van der Waals surface area contributed by atoms with E-state index in [0.29, 0.717) is 12.1 Å². The first-order valence-corrected chi connectivity index (χ1v) is 7.89. The Labute approximate surface area is 149 Å². The van der Waals surface area contributed by atoms with Crippen molar-refractivity contribution in [2.75, 3.05) is 11.4 Å². The van der Waals surface area contributed by atoms with Crippen molar-refractivity contribution < 1.29 is 8.78 Å². The first kappa shape index (κ1) is 20.5. The number of hydrogen-bond donors (Lipinski definition) is 1. The zero-order chi connectivity index (χ0) is 15.0. The van der Waals surface area contributed by atoms with E-state index in [2.05, 4.69) is 24.1 Å². The number of rotatable bonds is 2. The van der Waals surface area contributed by atoms with Gasteiger partial charge in [0, 0.05) is 35.4 Å². The van der Waals surface area contributed by atoms with Crippen LogP contribution in [0.3, 0.4) is 0 Å². The highest BCUT2D eigenvalue weighted by Crippen LogP contribution is 2.34. The predicted molar refractivity (Wildman–Crippen MR) is 96.5 cm³/mol. The van der Waals surface area contributed by atoms with E-state index < -0.39 is 6.43 Å². The highest BCUT2D eigenvalue weighted by atomic mass is 35.5. The average Bonchev–Trinajstić information content (AvgIpc) is 2.45. The van der Waals surface area contributed by atoms with E-state index in [4.69, 9.17) is 0 Å². The molecule has 1 aliphatic carbocycles. The summed E-state index contributed by atoms with van der Waals surface area (Å²) in [6.45, 7) is 5.36. The van der Waals surface area contributed by atoms with E-state index in [0.717, 1.165) is 12.2 Å². The second-order valence-electron chi connectivity index (χ2n) is 7.01. The van der Waals surface area contributed by atoms with E-state index in [1.807, 2.05) is 12.1 Å². The summed E-state index contributed by atoms with van der Waals surface area (Å²) in [6.07, 6.45) is 2.54. The molecule has 132 valence electrons. The molecule has 2 nitrogen and oxygen atoms in total. The average molecular weight is 367 g/mol. The number of nitrogens with one attached hydrogen (secondary N) is 1. The molecule has 1 N–H and O–H groups in total. The molecule has 0 spiro atoms. The van der Waals surface area contributed by atoms with Crippen LogP contribution in [-0.2, 0) is 0 Å². The molecule has 23 heavy (non-hydrogen) atoms. The number of benzene rings is 1. The van der Waals surface area contributed by atoms with E-state index in [9.17, 15) is 8.78 Å². The molecule has 2 aliphatic rings. The maximum absolute atomic E-state index is 12.7. The van der Waals surface area contributed by atoms with Gasteiger partial charge in [-0.15, -0.1) is 24.8 Å². The molecule has 1 aromatic carbocycles. The summed E-state index contributed by atoms with van der Waals surface area (Å²) in [5.41, 5.74) is 1.24. The van der Waals surface area contributed by atoms with Crippen molar-refractivity contribution in [3.63, 3.8) is 0 Å². The minimum Gasteiger partial charge on any atom is -0.365 e. The van der Waals surface area contributed by atoms with Gasteiger partial charge >= 0.3 is 0 Å². The van der Waals surface area contributed by atoms with Gasteiger partial charge in [-0.25, -0.2) is 8.78 Å². The summed E-state index contributed by atoms with van der Waals surface area (Å²) < 4.78 is 25.4. The lowest BCUT2D eigenvalue weighted by molar-refractivity contribution is 0.151. The summed E-state index contributed by atoms with van der Waals surface area (Å²) in [5.74, 6) is 0. The lowest BCUT2D eigenvalue weighted by atomic mass is 9.83. The van der Waals surface area contributed by atoms with Gasteiger partial charge < -0.3 is 10.2 Å². The van der Waals surface area contributed by atoms with Gasteiger partial charge in [0.25, 0.3) is 6.43 Å². The van der Waals surface area contributed by atoms with Crippen molar-refractivity contribution in [3.05, 3.63) is 29.8 Å². The summed E-state index contributed by atoms with van der Waals surface area (Å²) >= 11 is 0. The highest BCUT2D eigenvalue weighted by molar-refractivity contribution is 5.85. The minimum absolute atomic E-state index is 0. The second kappa shape index (κ2) is 8.00. The molecule has 1 aliphatic heterocycles. The van der Waals surface area contributed by atoms with E-state index in [1.54, 1.807) is 12.1 Å². The van der Waals surface area contributed by atoms with Crippen molar-refractivity contribution in [2.45, 2.75) is 63.6 Å². The third kappa shape index (κ3) is 4.49. The fraction of sp³-hybridized carbons (Fsp3) is 0.647. The monoisotopic (exact) mass is 366 g/mol. The van der Waals surface area contributed by atoms with E-state index >= 15 is 0 Å². The van der Waals surface area contributed by atoms with Gasteiger partial charge in [0.1, 0.15) is 0 Å².